The number of rotatable bonds is 4. The Morgan fingerprint density at radius 2 is 2.07 bits per heavy atom. The fourth-order valence-corrected chi connectivity index (χ4v) is 3.86. The molecular formula is C19H14F3N3O4S. The lowest BCUT2D eigenvalue weighted by molar-refractivity contribution is -0.274. The van der Waals surface area contributed by atoms with Gasteiger partial charge in [0.2, 0.25) is 11.8 Å². The maximum Gasteiger partial charge on any atom is 0.573 e. The number of alkyl halides is 3. The molecule has 0 aliphatic carbocycles. The quantitative estimate of drug-likeness (QED) is 0.669. The summed E-state index contributed by atoms with van der Waals surface area (Å²) in [4.78, 5) is 30.5. The van der Waals surface area contributed by atoms with Crippen molar-refractivity contribution in [2.75, 3.05) is 23.4 Å². The Labute approximate surface area is 172 Å². The van der Waals surface area contributed by atoms with E-state index in [1.54, 1.807) is 24.3 Å². The molecule has 0 fully saturated rings. The molecule has 0 unspecified atom stereocenters. The van der Waals surface area contributed by atoms with Crippen molar-refractivity contribution in [2.24, 2.45) is 0 Å². The van der Waals surface area contributed by atoms with Crippen LogP contribution in [0.3, 0.4) is 0 Å². The minimum Gasteiger partial charge on any atom is -0.491 e. The molecular weight excluding hydrogens is 423 g/mol. The van der Waals surface area contributed by atoms with Crippen LogP contribution in [0, 0.1) is 0 Å². The number of hydrogen-bond acceptors (Lipinski definition) is 6. The fraction of sp³-hybridized carbons (Fsp3) is 0.211. The summed E-state index contributed by atoms with van der Waals surface area (Å²) >= 11 is 1.000. The van der Waals surface area contributed by atoms with Crippen LogP contribution in [0.2, 0.25) is 0 Å². The lowest BCUT2D eigenvalue weighted by atomic mass is 10.2. The second-order valence-corrected chi connectivity index (χ2v) is 7.32. The summed E-state index contributed by atoms with van der Waals surface area (Å²) in [5, 5.41) is 2.79. The lowest BCUT2D eigenvalue weighted by Gasteiger charge is -2.20. The first kappa shape index (κ1) is 20.0. The number of benzene rings is 2. The third-order valence-electron chi connectivity index (χ3n) is 4.17. The summed E-state index contributed by atoms with van der Waals surface area (Å²) in [5.74, 6) is -0.615. The Morgan fingerprint density at radius 3 is 2.87 bits per heavy atom. The summed E-state index contributed by atoms with van der Waals surface area (Å²) in [6.45, 7) is -0.0360. The molecule has 2 heterocycles. The molecule has 0 saturated heterocycles. The molecule has 1 aromatic heterocycles. The topological polar surface area (TPSA) is 80.8 Å². The Bertz CT molecular complexity index is 1120. The van der Waals surface area contributed by atoms with E-state index in [0.29, 0.717) is 21.7 Å². The van der Waals surface area contributed by atoms with Crippen LogP contribution in [-0.4, -0.2) is 36.3 Å². The number of nitrogens with one attached hydrogen (secondary N) is 1. The second-order valence-electron chi connectivity index (χ2n) is 6.29. The molecule has 1 aliphatic rings. The average molecular weight is 437 g/mol. The number of para-hydroxylation sites is 2. The molecule has 2 amide bonds. The van der Waals surface area contributed by atoms with E-state index in [0.717, 1.165) is 17.4 Å². The molecule has 0 atom stereocenters. The van der Waals surface area contributed by atoms with Crippen LogP contribution >= 0.6 is 11.3 Å². The van der Waals surface area contributed by atoms with Crippen LogP contribution in [0.5, 0.6) is 11.5 Å². The number of fused-ring (bicyclic) bond motifs is 2. The van der Waals surface area contributed by atoms with E-state index in [1.165, 1.54) is 17.0 Å². The molecule has 4 rings (SSSR count). The normalized spacial score (nSPS) is 14.1. The zero-order valence-corrected chi connectivity index (χ0v) is 16.0. The monoisotopic (exact) mass is 437 g/mol. The average Bonchev–Trinajstić information content (AvgIpc) is 2.99. The molecule has 0 radical (unpaired) electrons. The van der Waals surface area contributed by atoms with Crippen LogP contribution in [0.15, 0.2) is 42.5 Å². The Balaban J connectivity index is 1.50. The maximum atomic E-state index is 12.5. The number of ether oxygens (including phenoxy) is 2. The van der Waals surface area contributed by atoms with Gasteiger partial charge in [-0.1, -0.05) is 23.5 Å². The van der Waals surface area contributed by atoms with E-state index in [-0.39, 0.29) is 36.4 Å². The number of nitrogens with zero attached hydrogens (tertiary/aromatic N) is 2. The minimum atomic E-state index is -4.80. The first-order valence-electron chi connectivity index (χ1n) is 8.77. The van der Waals surface area contributed by atoms with Crippen molar-refractivity contribution in [2.45, 2.75) is 12.8 Å². The predicted molar refractivity (Wildman–Crippen MR) is 104 cm³/mol. The van der Waals surface area contributed by atoms with Gasteiger partial charge in [0.25, 0.3) is 0 Å². The zero-order chi connectivity index (χ0) is 21.3. The molecule has 1 aliphatic heterocycles. The summed E-state index contributed by atoms with van der Waals surface area (Å²) < 4.78 is 47.0. The van der Waals surface area contributed by atoms with Gasteiger partial charge in [-0.25, -0.2) is 4.98 Å². The third kappa shape index (κ3) is 4.46. The number of thiazole rings is 1. The highest BCUT2D eigenvalue weighted by molar-refractivity contribution is 7.22. The van der Waals surface area contributed by atoms with E-state index >= 15 is 0 Å². The number of amides is 2. The van der Waals surface area contributed by atoms with Gasteiger partial charge >= 0.3 is 6.36 Å². The van der Waals surface area contributed by atoms with Gasteiger partial charge in [0.1, 0.15) is 18.0 Å². The van der Waals surface area contributed by atoms with E-state index in [1.807, 2.05) is 0 Å². The minimum absolute atomic E-state index is 0.130. The van der Waals surface area contributed by atoms with E-state index < -0.39 is 12.3 Å². The summed E-state index contributed by atoms with van der Waals surface area (Å²) in [5.41, 5.74) is 0.905. The molecule has 2 aromatic carbocycles. The Kier molecular flexibility index (Phi) is 5.20. The molecule has 3 aromatic rings. The van der Waals surface area contributed by atoms with Crippen LogP contribution in [-0.2, 0) is 9.59 Å². The molecule has 0 saturated carbocycles. The van der Waals surface area contributed by atoms with Crippen molar-refractivity contribution in [3.05, 3.63) is 42.5 Å². The van der Waals surface area contributed by atoms with Crippen LogP contribution in [0.4, 0.5) is 24.0 Å². The smallest absolute Gasteiger partial charge is 0.491 e. The van der Waals surface area contributed by atoms with Crippen molar-refractivity contribution >= 4 is 44.2 Å². The van der Waals surface area contributed by atoms with E-state index in [4.69, 9.17) is 4.74 Å². The number of aromatic nitrogens is 1. The highest BCUT2D eigenvalue weighted by atomic mass is 32.1. The van der Waals surface area contributed by atoms with Gasteiger partial charge < -0.3 is 14.8 Å². The van der Waals surface area contributed by atoms with Crippen molar-refractivity contribution in [3.8, 4) is 11.5 Å². The highest BCUT2D eigenvalue weighted by Gasteiger charge is 2.31. The van der Waals surface area contributed by atoms with Gasteiger partial charge in [0, 0.05) is 6.07 Å². The first-order valence-corrected chi connectivity index (χ1v) is 9.58. The lowest BCUT2D eigenvalue weighted by Crippen LogP contribution is -2.37. The van der Waals surface area contributed by atoms with E-state index in [2.05, 4.69) is 15.0 Å². The SMILES string of the molecule is O=C(CN1C(=O)CCOc2ccccc21)Nc1nc2ccc(OC(F)(F)F)cc2s1. The largest absolute Gasteiger partial charge is 0.573 e. The van der Waals surface area contributed by atoms with Gasteiger partial charge in [-0.2, -0.15) is 0 Å². The number of carbonyl (C=O) groups is 2. The summed E-state index contributed by atoms with van der Waals surface area (Å²) in [7, 11) is 0. The molecule has 1 N–H and O–H groups in total. The molecule has 7 nitrogen and oxygen atoms in total. The van der Waals surface area contributed by atoms with Gasteiger partial charge in [-0.15, -0.1) is 13.2 Å². The van der Waals surface area contributed by atoms with Crippen molar-refractivity contribution in [1.29, 1.82) is 0 Å². The zero-order valence-electron chi connectivity index (χ0n) is 15.2. The Morgan fingerprint density at radius 1 is 1.27 bits per heavy atom. The van der Waals surface area contributed by atoms with E-state index in [9.17, 15) is 22.8 Å². The predicted octanol–water partition coefficient (Wildman–Crippen LogP) is 3.95. The van der Waals surface area contributed by atoms with Crippen LogP contribution < -0.4 is 19.7 Å². The number of carbonyl (C=O) groups excluding carboxylic acids is 2. The standard InChI is InChI=1S/C19H14F3N3O4S/c20-19(21,22)29-11-5-6-12-15(9-11)30-18(23-12)24-16(26)10-25-13-3-1-2-4-14(13)28-8-7-17(25)27/h1-6,9H,7-8,10H2,(H,23,24,26). The van der Waals surface area contributed by atoms with Gasteiger partial charge in [0.15, 0.2) is 5.13 Å². The fourth-order valence-electron chi connectivity index (χ4n) is 2.95. The molecule has 156 valence electrons. The highest BCUT2D eigenvalue weighted by Crippen LogP contribution is 2.33. The molecule has 0 bridgehead atoms. The second kappa shape index (κ2) is 7.82. The number of hydrogen-bond donors (Lipinski definition) is 1. The first-order chi connectivity index (χ1) is 14.3. The summed E-state index contributed by atoms with van der Waals surface area (Å²) in [6.07, 6.45) is -4.67. The molecule has 0 spiro atoms. The summed E-state index contributed by atoms with van der Waals surface area (Å²) in [6, 6.07) is 10.6. The molecule has 30 heavy (non-hydrogen) atoms. The van der Waals surface area contributed by atoms with Gasteiger partial charge in [-0.3, -0.25) is 14.5 Å². The Hall–Kier alpha value is -3.34. The van der Waals surface area contributed by atoms with Crippen LogP contribution in [0.1, 0.15) is 6.42 Å². The third-order valence-corrected chi connectivity index (χ3v) is 5.11. The van der Waals surface area contributed by atoms with Crippen LogP contribution in [0.25, 0.3) is 10.2 Å². The maximum absolute atomic E-state index is 12.5. The van der Waals surface area contributed by atoms with Crippen molar-refractivity contribution in [1.82, 2.24) is 4.98 Å². The van der Waals surface area contributed by atoms with Gasteiger partial charge in [0.05, 0.1) is 28.9 Å². The van der Waals surface area contributed by atoms with Gasteiger partial charge in [-0.05, 0) is 24.3 Å². The van der Waals surface area contributed by atoms with Crippen molar-refractivity contribution in [3.63, 3.8) is 0 Å². The molecule has 11 heteroatoms. The number of halogens is 3. The number of anilines is 2. The van der Waals surface area contributed by atoms with Crippen molar-refractivity contribution < 1.29 is 32.2 Å².